The molecule has 0 aliphatic carbocycles. The van der Waals surface area contributed by atoms with Crippen molar-refractivity contribution in [3.05, 3.63) is 35.4 Å². The molecule has 0 saturated heterocycles. The lowest BCUT2D eigenvalue weighted by Crippen LogP contribution is -2.28. The Morgan fingerprint density at radius 2 is 1.83 bits per heavy atom. The molecule has 0 aromatic heterocycles. The van der Waals surface area contributed by atoms with Crippen LogP contribution in [0.3, 0.4) is 0 Å². The molecule has 0 radical (unpaired) electrons. The van der Waals surface area contributed by atoms with E-state index < -0.39 is 0 Å². The summed E-state index contributed by atoms with van der Waals surface area (Å²) in [4.78, 5) is 11.7. The summed E-state index contributed by atoms with van der Waals surface area (Å²) in [5, 5.41) is 2.96. The van der Waals surface area contributed by atoms with Gasteiger partial charge >= 0.3 is 0 Å². The average molecular weight is 265 g/mol. The normalized spacial score (nSPS) is 11.3. The van der Waals surface area contributed by atoms with Crippen molar-refractivity contribution in [2.45, 2.75) is 38.9 Å². The molecule has 0 saturated carbocycles. The molecule has 0 fully saturated rings. The molecule has 0 unspecified atom stereocenters. The molecular formula is C15H23NOS. The summed E-state index contributed by atoms with van der Waals surface area (Å²) in [6.45, 7) is 9.35. The number of carbonyl (C=O) groups excluding carboxylic acids is 1. The predicted octanol–water partition coefficient (Wildman–Crippen LogP) is 3.19. The van der Waals surface area contributed by atoms with Crippen molar-refractivity contribution < 1.29 is 4.79 Å². The van der Waals surface area contributed by atoms with Crippen LogP contribution in [-0.2, 0) is 11.2 Å². The highest BCUT2D eigenvalue weighted by atomic mass is 32.2. The standard InChI is InChI=1S/C15H23NOS/c1-12-5-7-13(8-6-12)11-14(17)16-9-10-18-15(2,3)4/h5-8H,9-11H2,1-4H3,(H,16,17). The van der Waals surface area contributed by atoms with Crippen LogP contribution in [0.4, 0.5) is 0 Å². The van der Waals surface area contributed by atoms with E-state index in [2.05, 4.69) is 26.1 Å². The van der Waals surface area contributed by atoms with Crippen molar-refractivity contribution in [1.29, 1.82) is 0 Å². The number of benzene rings is 1. The minimum atomic E-state index is 0.105. The Bertz CT molecular complexity index is 378. The second-order valence-corrected chi connectivity index (χ2v) is 7.39. The zero-order chi connectivity index (χ0) is 13.6. The fourth-order valence-corrected chi connectivity index (χ4v) is 2.32. The number of nitrogens with one attached hydrogen (secondary N) is 1. The highest BCUT2D eigenvalue weighted by Gasteiger charge is 2.10. The van der Waals surface area contributed by atoms with E-state index >= 15 is 0 Å². The number of amides is 1. The lowest BCUT2D eigenvalue weighted by atomic mass is 10.1. The molecule has 0 bridgehead atoms. The second kappa shape index (κ2) is 6.83. The lowest BCUT2D eigenvalue weighted by molar-refractivity contribution is -0.120. The average Bonchev–Trinajstić information content (AvgIpc) is 2.26. The van der Waals surface area contributed by atoms with Crippen molar-refractivity contribution in [1.82, 2.24) is 5.32 Å². The summed E-state index contributed by atoms with van der Waals surface area (Å²) in [7, 11) is 0. The molecule has 1 amide bonds. The third-order valence-corrected chi connectivity index (χ3v) is 3.72. The first-order valence-corrected chi connectivity index (χ1v) is 7.31. The molecule has 0 aliphatic rings. The fraction of sp³-hybridized carbons (Fsp3) is 0.533. The third-order valence-electron chi connectivity index (χ3n) is 2.44. The quantitative estimate of drug-likeness (QED) is 0.828. The Morgan fingerprint density at radius 3 is 2.39 bits per heavy atom. The van der Waals surface area contributed by atoms with Gasteiger partial charge in [0.05, 0.1) is 6.42 Å². The Balaban J connectivity index is 2.24. The molecule has 0 aliphatic heterocycles. The van der Waals surface area contributed by atoms with Crippen molar-refractivity contribution in [2.24, 2.45) is 0 Å². The predicted molar refractivity (Wildman–Crippen MR) is 80.1 cm³/mol. The number of rotatable bonds is 5. The van der Waals surface area contributed by atoms with E-state index in [4.69, 9.17) is 0 Å². The summed E-state index contributed by atoms with van der Waals surface area (Å²) in [6.07, 6.45) is 0.473. The number of thioether (sulfide) groups is 1. The van der Waals surface area contributed by atoms with E-state index in [1.807, 2.05) is 43.0 Å². The summed E-state index contributed by atoms with van der Waals surface area (Å²) < 4.78 is 0.266. The largest absolute Gasteiger partial charge is 0.355 e. The van der Waals surface area contributed by atoms with Crippen LogP contribution in [0.25, 0.3) is 0 Å². The van der Waals surface area contributed by atoms with Crippen LogP contribution in [0.1, 0.15) is 31.9 Å². The Morgan fingerprint density at radius 1 is 1.22 bits per heavy atom. The van der Waals surface area contributed by atoms with Crippen LogP contribution in [0.5, 0.6) is 0 Å². The van der Waals surface area contributed by atoms with Gasteiger partial charge in [-0.2, -0.15) is 11.8 Å². The van der Waals surface area contributed by atoms with Gasteiger partial charge < -0.3 is 5.32 Å². The van der Waals surface area contributed by atoms with Crippen molar-refractivity contribution >= 4 is 17.7 Å². The minimum absolute atomic E-state index is 0.105. The number of aryl methyl sites for hydroxylation is 1. The lowest BCUT2D eigenvalue weighted by Gasteiger charge is -2.17. The Hall–Kier alpha value is -0.960. The minimum Gasteiger partial charge on any atom is -0.355 e. The van der Waals surface area contributed by atoms with Gasteiger partial charge in [0, 0.05) is 17.0 Å². The first kappa shape index (κ1) is 15.1. The SMILES string of the molecule is Cc1ccc(CC(=O)NCCSC(C)(C)C)cc1. The molecule has 1 aromatic rings. The van der Waals surface area contributed by atoms with Crippen molar-refractivity contribution in [3.8, 4) is 0 Å². The molecular weight excluding hydrogens is 242 g/mol. The maximum Gasteiger partial charge on any atom is 0.224 e. The molecule has 0 atom stereocenters. The molecule has 18 heavy (non-hydrogen) atoms. The highest BCUT2D eigenvalue weighted by molar-refractivity contribution is 8.00. The monoisotopic (exact) mass is 265 g/mol. The zero-order valence-electron chi connectivity index (χ0n) is 11.7. The zero-order valence-corrected chi connectivity index (χ0v) is 12.6. The van der Waals surface area contributed by atoms with Gasteiger partial charge in [-0.25, -0.2) is 0 Å². The van der Waals surface area contributed by atoms with Crippen LogP contribution in [0.15, 0.2) is 24.3 Å². The molecule has 1 aromatic carbocycles. The van der Waals surface area contributed by atoms with Gasteiger partial charge in [0.1, 0.15) is 0 Å². The fourth-order valence-electron chi connectivity index (χ4n) is 1.50. The van der Waals surface area contributed by atoms with E-state index in [0.29, 0.717) is 6.42 Å². The van der Waals surface area contributed by atoms with Crippen LogP contribution in [-0.4, -0.2) is 23.0 Å². The third kappa shape index (κ3) is 6.70. The first-order valence-electron chi connectivity index (χ1n) is 6.33. The van der Waals surface area contributed by atoms with Crippen LogP contribution in [0, 0.1) is 6.92 Å². The summed E-state index contributed by atoms with van der Waals surface area (Å²) in [5.41, 5.74) is 2.29. The van der Waals surface area contributed by atoms with Crippen LogP contribution < -0.4 is 5.32 Å². The van der Waals surface area contributed by atoms with Crippen molar-refractivity contribution in [3.63, 3.8) is 0 Å². The maximum absolute atomic E-state index is 11.7. The number of hydrogen-bond donors (Lipinski definition) is 1. The van der Waals surface area contributed by atoms with E-state index in [1.165, 1.54) is 5.56 Å². The Labute approximate surface area is 115 Å². The summed E-state index contributed by atoms with van der Waals surface area (Å²) in [6, 6.07) is 8.10. The van der Waals surface area contributed by atoms with Crippen molar-refractivity contribution in [2.75, 3.05) is 12.3 Å². The maximum atomic E-state index is 11.7. The van der Waals surface area contributed by atoms with Gasteiger partial charge in [-0.05, 0) is 12.5 Å². The van der Waals surface area contributed by atoms with E-state index in [-0.39, 0.29) is 10.7 Å². The number of carbonyl (C=O) groups is 1. The van der Waals surface area contributed by atoms with Gasteiger partial charge in [-0.15, -0.1) is 0 Å². The smallest absolute Gasteiger partial charge is 0.224 e. The van der Waals surface area contributed by atoms with Gasteiger partial charge in [-0.1, -0.05) is 50.6 Å². The summed E-state index contributed by atoms with van der Waals surface area (Å²) in [5.74, 6) is 1.07. The summed E-state index contributed by atoms with van der Waals surface area (Å²) >= 11 is 1.87. The van der Waals surface area contributed by atoms with Gasteiger partial charge in [-0.3, -0.25) is 4.79 Å². The van der Waals surface area contributed by atoms with Crippen LogP contribution >= 0.6 is 11.8 Å². The molecule has 2 nitrogen and oxygen atoms in total. The van der Waals surface area contributed by atoms with E-state index in [1.54, 1.807) is 0 Å². The highest BCUT2D eigenvalue weighted by Crippen LogP contribution is 2.21. The molecule has 0 spiro atoms. The van der Waals surface area contributed by atoms with Gasteiger partial charge in [0.25, 0.3) is 0 Å². The van der Waals surface area contributed by atoms with Crippen LogP contribution in [0.2, 0.25) is 0 Å². The first-order chi connectivity index (χ1) is 8.37. The molecule has 1 rings (SSSR count). The second-order valence-electron chi connectivity index (χ2n) is 5.47. The van der Waals surface area contributed by atoms with Gasteiger partial charge in [0.15, 0.2) is 0 Å². The molecule has 100 valence electrons. The Kier molecular flexibility index (Phi) is 5.73. The van der Waals surface area contributed by atoms with E-state index in [0.717, 1.165) is 17.9 Å². The van der Waals surface area contributed by atoms with E-state index in [9.17, 15) is 4.79 Å². The molecule has 0 heterocycles. The number of hydrogen-bond acceptors (Lipinski definition) is 2. The molecule has 1 N–H and O–H groups in total. The molecule has 3 heteroatoms. The topological polar surface area (TPSA) is 29.1 Å². The van der Waals surface area contributed by atoms with Gasteiger partial charge in [0.2, 0.25) is 5.91 Å².